The second-order valence-corrected chi connectivity index (χ2v) is 10.6. The maximum atomic E-state index is 15.0. The maximum absolute atomic E-state index is 15.0. The van der Waals surface area contributed by atoms with E-state index in [1.54, 1.807) is 50.2 Å². The lowest BCUT2D eigenvalue weighted by Crippen LogP contribution is -2.21. The van der Waals surface area contributed by atoms with Crippen LogP contribution in [0.25, 0.3) is 0 Å². The molecular weight excluding hydrogens is 503 g/mol. The predicted octanol–water partition coefficient (Wildman–Crippen LogP) is 6.26. The van der Waals surface area contributed by atoms with E-state index in [-0.39, 0.29) is 24.1 Å². The minimum atomic E-state index is -0.781. The minimum Gasteiger partial charge on any atom is -0.493 e. The third kappa shape index (κ3) is 6.28. The third-order valence-electron chi connectivity index (χ3n) is 7.06. The number of hydrogen-bond acceptors (Lipinski definition) is 7. The molecule has 1 aliphatic heterocycles. The zero-order valence-corrected chi connectivity index (χ0v) is 22.4. The average molecular weight is 537 g/mol. The first-order chi connectivity index (χ1) is 18.7. The van der Waals surface area contributed by atoms with Crippen LogP contribution in [-0.4, -0.2) is 37.0 Å². The summed E-state index contributed by atoms with van der Waals surface area (Å²) in [7, 11) is 1.37. The van der Waals surface area contributed by atoms with Crippen LogP contribution in [0.3, 0.4) is 0 Å². The van der Waals surface area contributed by atoms with E-state index >= 15 is 4.39 Å². The fourth-order valence-corrected chi connectivity index (χ4v) is 4.95. The summed E-state index contributed by atoms with van der Waals surface area (Å²) < 4.78 is 43.6. The summed E-state index contributed by atoms with van der Waals surface area (Å²) in [4.78, 5) is 11.7. The van der Waals surface area contributed by atoms with Gasteiger partial charge in [0, 0.05) is 35.1 Å². The summed E-state index contributed by atoms with van der Waals surface area (Å²) in [5, 5.41) is 9.83. The lowest BCUT2D eigenvalue weighted by Gasteiger charge is -2.18. The Kier molecular flexibility index (Phi) is 7.66. The number of fused-ring (bicyclic) bond motifs is 2. The van der Waals surface area contributed by atoms with Crippen LogP contribution >= 0.6 is 0 Å². The Morgan fingerprint density at radius 1 is 1.08 bits per heavy atom. The number of aliphatic hydroxyl groups is 1. The van der Waals surface area contributed by atoms with E-state index in [4.69, 9.17) is 23.7 Å². The van der Waals surface area contributed by atoms with Crippen LogP contribution < -0.4 is 18.9 Å². The number of hydrogen-bond donors (Lipinski definition) is 1. The van der Waals surface area contributed by atoms with Crippen molar-refractivity contribution in [3.8, 4) is 28.7 Å². The van der Waals surface area contributed by atoms with Crippen molar-refractivity contribution in [1.29, 1.82) is 0 Å². The smallest absolute Gasteiger partial charge is 0.306 e. The standard InChI is InChI=1S/C31H33FO7/c1-31(2,34)14-15-36-20-4-6-21(7-5-20)38-26-13-11-25(32)30-24(26)10-12-27(30)39-22-8-9-23-19(16-29(33)35-3)18-37-28(23)17-22/h4-9,11,13,17,19,27,34H,10,12,14-16,18H2,1-3H3/t19-,27-/m1/s1. The number of methoxy groups -OCH3 is 1. The average Bonchev–Trinajstić information content (AvgIpc) is 3.50. The van der Waals surface area contributed by atoms with Gasteiger partial charge in [-0.15, -0.1) is 0 Å². The molecule has 206 valence electrons. The Morgan fingerprint density at radius 2 is 1.82 bits per heavy atom. The van der Waals surface area contributed by atoms with E-state index in [1.807, 2.05) is 12.1 Å². The molecule has 0 bridgehead atoms. The van der Waals surface area contributed by atoms with Gasteiger partial charge in [0.05, 0.1) is 32.3 Å². The van der Waals surface area contributed by atoms with Crippen molar-refractivity contribution in [2.75, 3.05) is 20.3 Å². The van der Waals surface area contributed by atoms with Gasteiger partial charge >= 0.3 is 5.97 Å². The quantitative estimate of drug-likeness (QED) is 0.306. The highest BCUT2D eigenvalue weighted by atomic mass is 19.1. The first-order valence-electron chi connectivity index (χ1n) is 13.1. The van der Waals surface area contributed by atoms with E-state index in [0.29, 0.717) is 66.8 Å². The van der Waals surface area contributed by atoms with Crippen LogP contribution in [0.4, 0.5) is 4.39 Å². The molecule has 8 heteroatoms. The second-order valence-electron chi connectivity index (χ2n) is 10.6. The summed E-state index contributed by atoms with van der Waals surface area (Å²) in [6, 6.07) is 15.8. The molecule has 3 aromatic carbocycles. The van der Waals surface area contributed by atoms with Crippen LogP contribution in [-0.2, 0) is 16.0 Å². The molecular formula is C31H33FO7. The van der Waals surface area contributed by atoms with Crippen molar-refractivity contribution in [1.82, 2.24) is 0 Å². The van der Waals surface area contributed by atoms with Gasteiger partial charge in [0.25, 0.3) is 0 Å². The van der Waals surface area contributed by atoms with Gasteiger partial charge in [-0.2, -0.15) is 0 Å². The molecule has 0 fully saturated rings. The van der Waals surface area contributed by atoms with Gasteiger partial charge in [-0.05, 0) is 69.2 Å². The molecule has 39 heavy (non-hydrogen) atoms. The van der Waals surface area contributed by atoms with Crippen LogP contribution in [0.5, 0.6) is 28.7 Å². The molecule has 0 radical (unpaired) electrons. The molecule has 0 saturated heterocycles. The van der Waals surface area contributed by atoms with Crippen LogP contribution in [0.2, 0.25) is 0 Å². The lowest BCUT2D eigenvalue weighted by molar-refractivity contribution is -0.141. The summed E-state index contributed by atoms with van der Waals surface area (Å²) in [6.45, 7) is 4.30. The zero-order valence-electron chi connectivity index (χ0n) is 22.4. The molecule has 0 unspecified atom stereocenters. The van der Waals surface area contributed by atoms with Crippen molar-refractivity contribution in [2.45, 2.75) is 57.2 Å². The van der Waals surface area contributed by atoms with Crippen molar-refractivity contribution < 1.29 is 38.0 Å². The minimum absolute atomic E-state index is 0.0563. The largest absolute Gasteiger partial charge is 0.493 e. The van der Waals surface area contributed by atoms with Crippen molar-refractivity contribution in [2.24, 2.45) is 0 Å². The Morgan fingerprint density at radius 3 is 2.56 bits per heavy atom. The topological polar surface area (TPSA) is 83.5 Å². The molecule has 0 aromatic heterocycles. The Balaban J connectivity index is 1.26. The van der Waals surface area contributed by atoms with Crippen molar-refractivity contribution >= 4 is 5.97 Å². The first-order valence-corrected chi connectivity index (χ1v) is 13.1. The molecule has 0 spiro atoms. The first kappa shape index (κ1) is 26.8. The fraction of sp³-hybridized carbons (Fsp3) is 0.387. The van der Waals surface area contributed by atoms with E-state index < -0.39 is 11.7 Å². The zero-order chi connectivity index (χ0) is 27.6. The number of rotatable bonds is 10. The third-order valence-corrected chi connectivity index (χ3v) is 7.06. The van der Waals surface area contributed by atoms with E-state index in [1.165, 1.54) is 13.2 Å². The molecule has 2 aliphatic rings. The van der Waals surface area contributed by atoms with Crippen LogP contribution in [0.1, 0.15) is 61.8 Å². The Hall–Kier alpha value is -3.78. The molecule has 1 N–H and O–H groups in total. The number of carbonyl (C=O) groups is 1. The van der Waals surface area contributed by atoms with Gasteiger partial charge in [-0.3, -0.25) is 4.79 Å². The predicted molar refractivity (Wildman–Crippen MR) is 142 cm³/mol. The Labute approximate surface area is 227 Å². The molecule has 1 heterocycles. The normalized spacial score (nSPS) is 17.7. The molecule has 0 amide bonds. The van der Waals surface area contributed by atoms with E-state index in [0.717, 1.165) is 11.1 Å². The molecule has 5 rings (SSSR count). The summed E-state index contributed by atoms with van der Waals surface area (Å²) in [5.74, 6) is 2.47. The summed E-state index contributed by atoms with van der Waals surface area (Å²) in [6.07, 6.45) is 1.55. The number of benzene rings is 3. The highest BCUT2D eigenvalue weighted by Crippen LogP contribution is 2.44. The van der Waals surface area contributed by atoms with Gasteiger partial charge in [-0.25, -0.2) is 4.39 Å². The Bertz CT molecular complexity index is 1330. The monoisotopic (exact) mass is 536 g/mol. The number of halogens is 1. The summed E-state index contributed by atoms with van der Waals surface area (Å²) in [5.41, 5.74) is 1.46. The number of ether oxygens (including phenoxy) is 5. The van der Waals surface area contributed by atoms with Gasteiger partial charge in [0.15, 0.2) is 0 Å². The fourth-order valence-electron chi connectivity index (χ4n) is 4.95. The molecule has 7 nitrogen and oxygen atoms in total. The molecule has 0 saturated carbocycles. The molecule has 2 atom stereocenters. The molecule has 3 aromatic rings. The highest BCUT2D eigenvalue weighted by molar-refractivity contribution is 5.71. The van der Waals surface area contributed by atoms with E-state index in [9.17, 15) is 9.90 Å². The van der Waals surface area contributed by atoms with Gasteiger partial charge < -0.3 is 28.8 Å². The van der Waals surface area contributed by atoms with Crippen LogP contribution in [0, 0.1) is 5.82 Å². The van der Waals surface area contributed by atoms with Gasteiger partial charge in [0.1, 0.15) is 40.7 Å². The summed E-state index contributed by atoms with van der Waals surface area (Å²) >= 11 is 0. The second kappa shape index (κ2) is 11.1. The van der Waals surface area contributed by atoms with Gasteiger partial charge in [-0.1, -0.05) is 6.07 Å². The highest BCUT2D eigenvalue weighted by Gasteiger charge is 2.32. The SMILES string of the molecule is COC(=O)C[C@@H]1COc2cc(O[C@@H]3CCc4c(Oc5ccc(OCCC(C)(C)O)cc5)ccc(F)c43)ccc21. The van der Waals surface area contributed by atoms with Crippen molar-refractivity contribution in [3.05, 3.63) is 77.1 Å². The lowest BCUT2D eigenvalue weighted by atomic mass is 9.98. The van der Waals surface area contributed by atoms with Gasteiger partial charge in [0.2, 0.25) is 0 Å². The van der Waals surface area contributed by atoms with Crippen molar-refractivity contribution in [3.63, 3.8) is 0 Å². The number of esters is 1. The molecule has 1 aliphatic carbocycles. The van der Waals surface area contributed by atoms with Crippen LogP contribution in [0.15, 0.2) is 54.6 Å². The van der Waals surface area contributed by atoms with E-state index in [2.05, 4.69) is 0 Å². The number of carbonyl (C=O) groups excluding carboxylic acids is 1. The maximum Gasteiger partial charge on any atom is 0.306 e.